The number of rotatable bonds is 5. The monoisotopic (exact) mass is 376 g/mol. The number of halogens is 1. The van der Waals surface area contributed by atoms with E-state index in [4.69, 9.17) is 9.15 Å². The molecule has 6 heteroatoms. The number of carbonyl (C=O) groups excluding carboxylic acids is 1. The average molecular weight is 376 g/mol. The molecule has 0 aliphatic heterocycles. The van der Waals surface area contributed by atoms with Crippen LogP contribution in [0.5, 0.6) is 11.6 Å². The Hall–Kier alpha value is -3.67. The van der Waals surface area contributed by atoms with Crippen LogP contribution in [0.1, 0.15) is 21.7 Å². The third-order valence-electron chi connectivity index (χ3n) is 4.18. The number of ether oxygens (including phenoxy) is 1. The molecule has 0 aliphatic rings. The van der Waals surface area contributed by atoms with Crippen molar-refractivity contribution >= 4 is 16.9 Å². The van der Waals surface area contributed by atoms with Crippen LogP contribution in [-0.2, 0) is 6.54 Å². The van der Waals surface area contributed by atoms with Gasteiger partial charge in [-0.1, -0.05) is 11.6 Å². The molecule has 0 atom stereocenters. The van der Waals surface area contributed by atoms with Crippen molar-refractivity contribution in [3.05, 3.63) is 89.6 Å². The summed E-state index contributed by atoms with van der Waals surface area (Å²) in [5, 5.41) is 3.72. The number of carbonyl (C=O) groups is 1. The van der Waals surface area contributed by atoms with E-state index in [9.17, 15) is 9.18 Å². The van der Waals surface area contributed by atoms with Gasteiger partial charge in [0, 0.05) is 24.2 Å². The predicted molar refractivity (Wildman–Crippen MR) is 103 cm³/mol. The summed E-state index contributed by atoms with van der Waals surface area (Å²) in [6, 6.07) is 16.7. The molecule has 0 bridgehead atoms. The Bertz CT molecular complexity index is 1140. The second-order valence-electron chi connectivity index (χ2n) is 6.39. The third kappa shape index (κ3) is 4.01. The van der Waals surface area contributed by atoms with E-state index in [0.29, 0.717) is 17.2 Å². The van der Waals surface area contributed by atoms with E-state index < -0.39 is 0 Å². The van der Waals surface area contributed by atoms with Gasteiger partial charge in [0.15, 0.2) is 5.76 Å². The van der Waals surface area contributed by atoms with Gasteiger partial charge in [-0.25, -0.2) is 9.37 Å². The summed E-state index contributed by atoms with van der Waals surface area (Å²) < 4.78 is 24.2. The van der Waals surface area contributed by atoms with Crippen molar-refractivity contribution in [1.29, 1.82) is 0 Å². The number of aromatic nitrogens is 1. The molecule has 140 valence electrons. The number of fused-ring (bicyclic) bond motifs is 1. The van der Waals surface area contributed by atoms with Crippen LogP contribution in [0.25, 0.3) is 11.0 Å². The van der Waals surface area contributed by atoms with Crippen molar-refractivity contribution in [2.45, 2.75) is 13.5 Å². The quantitative estimate of drug-likeness (QED) is 0.532. The molecule has 2 heterocycles. The van der Waals surface area contributed by atoms with Crippen molar-refractivity contribution in [3.8, 4) is 11.6 Å². The number of benzene rings is 2. The highest BCUT2D eigenvalue weighted by molar-refractivity contribution is 5.96. The van der Waals surface area contributed by atoms with E-state index >= 15 is 0 Å². The van der Waals surface area contributed by atoms with Gasteiger partial charge in [0.1, 0.15) is 17.1 Å². The summed E-state index contributed by atoms with van der Waals surface area (Å²) in [5.74, 6) is 0.465. The van der Waals surface area contributed by atoms with Crippen molar-refractivity contribution in [1.82, 2.24) is 10.3 Å². The van der Waals surface area contributed by atoms with Crippen LogP contribution in [0, 0.1) is 12.7 Å². The first-order valence-corrected chi connectivity index (χ1v) is 8.73. The van der Waals surface area contributed by atoms with E-state index in [1.807, 2.05) is 25.1 Å². The van der Waals surface area contributed by atoms with Gasteiger partial charge in [-0.3, -0.25) is 4.79 Å². The maximum absolute atomic E-state index is 13.0. The fourth-order valence-corrected chi connectivity index (χ4v) is 2.78. The first-order chi connectivity index (χ1) is 13.6. The molecule has 0 spiro atoms. The SMILES string of the molecule is Cc1ccc2oc(C(=O)NCc3ccnc(Oc4ccc(F)cc4)c3)cc2c1. The van der Waals surface area contributed by atoms with Crippen molar-refractivity contribution in [2.24, 2.45) is 0 Å². The number of nitrogens with one attached hydrogen (secondary N) is 1. The molecule has 0 fully saturated rings. The summed E-state index contributed by atoms with van der Waals surface area (Å²) in [6.45, 7) is 2.28. The lowest BCUT2D eigenvalue weighted by Gasteiger charge is -2.07. The largest absolute Gasteiger partial charge is 0.451 e. The van der Waals surface area contributed by atoms with Crippen LogP contribution in [-0.4, -0.2) is 10.9 Å². The van der Waals surface area contributed by atoms with E-state index in [1.165, 1.54) is 24.3 Å². The Morgan fingerprint density at radius 2 is 1.93 bits per heavy atom. The minimum absolute atomic E-state index is 0.262. The highest BCUT2D eigenvalue weighted by Crippen LogP contribution is 2.22. The fourth-order valence-electron chi connectivity index (χ4n) is 2.78. The molecule has 0 unspecified atom stereocenters. The number of pyridine rings is 1. The Balaban J connectivity index is 1.42. The maximum atomic E-state index is 13.0. The standard InChI is InChI=1S/C22H17FN2O3/c1-14-2-7-19-16(10-14)12-20(28-19)22(26)25-13-15-8-9-24-21(11-15)27-18-5-3-17(23)4-6-18/h2-12H,13H2,1H3,(H,25,26). The van der Waals surface area contributed by atoms with Crippen LogP contribution in [0.4, 0.5) is 4.39 Å². The Morgan fingerprint density at radius 3 is 2.75 bits per heavy atom. The second kappa shape index (κ2) is 7.52. The number of furan rings is 1. The van der Waals surface area contributed by atoms with Crippen molar-refractivity contribution < 1.29 is 18.3 Å². The topological polar surface area (TPSA) is 64.4 Å². The molecular weight excluding hydrogens is 359 g/mol. The van der Waals surface area contributed by atoms with Gasteiger partial charge in [-0.2, -0.15) is 0 Å². The molecule has 1 N–H and O–H groups in total. The van der Waals surface area contributed by atoms with E-state index in [2.05, 4.69) is 10.3 Å². The van der Waals surface area contributed by atoms with Gasteiger partial charge in [-0.15, -0.1) is 0 Å². The molecule has 4 aromatic rings. The van der Waals surface area contributed by atoms with Crippen LogP contribution in [0.3, 0.4) is 0 Å². The lowest BCUT2D eigenvalue weighted by molar-refractivity contribution is 0.0925. The van der Waals surface area contributed by atoms with Crippen LogP contribution in [0.15, 0.2) is 71.3 Å². The number of nitrogens with zero attached hydrogens (tertiary/aromatic N) is 1. The van der Waals surface area contributed by atoms with Crippen molar-refractivity contribution in [2.75, 3.05) is 0 Å². The average Bonchev–Trinajstić information content (AvgIpc) is 3.11. The molecule has 0 aliphatic carbocycles. The lowest BCUT2D eigenvalue weighted by Crippen LogP contribution is -2.22. The molecule has 0 radical (unpaired) electrons. The predicted octanol–water partition coefficient (Wildman–Crippen LogP) is 5.00. The first-order valence-electron chi connectivity index (χ1n) is 8.73. The normalized spacial score (nSPS) is 10.8. The number of hydrogen-bond donors (Lipinski definition) is 1. The zero-order valence-electron chi connectivity index (χ0n) is 15.1. The molecule has 1 amide bonds. The highest BCUT2D eigenvalue weighted by atomic mass is 19.1. The fraction of sp³-hybridized carbons (Fsp3) is 0.0909. The lowest BCUT2D eigenvalue weighted by atomic mass is 10.2. The summed E-state index contributed by atoms with van der Waals surface area (Å²) in [7, 11) is 0. The van der Waals surface area contributed by atoms with E-state index in [0.717, 1.165) is 16.5 Å². The maximum Gasteiger partial charge on any atom is 0.287 e. The summed E-state index contributed by atoms with van der Waals surface area (Å²) in [6.07, 6.45) is 1.59. The van der Waals surface area contributed by atoms with Gasteiger partial charge in [0.25, 0.3) is 5.91 Å². The van der Waals surface area contributed by atoms with Gasteiger partial charge >= 0.3 is 0 Å². The zero-order chi connectivity index (χ0) is 19.5. The summed E-state index contributed by atoms with van der Waals surface area (Å²) in [5.41, 5.74) is 2.59. The third-order valence-corrected chi connectivity index (χ3v) is 4.18. The summed E-state index contributed by atoms with van der Waals surface area (Å²) >= 11 is 0. The molecule has 4 rings (SSSR count). The number of amides is 1. The van der Waals surface area contributed by atoms with Crippen LogP contribution in [0.2, 0.25) is 0 Å². The Labute approximate surface area is 160 Å². The van der Waals surface area contributed by atoms with E-state index in [1.54, 1.807) is 24.4 Å². The zero-order valence-corrected chi connectivity index (χ0v) is 15.1. The molecule has 0 saturated heterocycles. The molecule has 2 aromatic heterocycles. The second-order valence-corrected chi connectivity index (χ2v) is 6.39. The van der Waals surface area contributed by atoms with Crippen LogP contribution >= 0.6 is 0 Å². The van der Waals surface area contributed by atoms with Gasteiger partial charge in [-0.05, 0) is 61.0 Å². The smallest absolute Gasteiger partial charge is 0.287 e. The molecule has 28 heavy (non-hydrogen) atoms. The molecular formula is C22H17FN2O3. The minimum Gasteiger partial charge on any atom is -0.451 e. The Morgan fingerprint density at radius 1 is 1.11 bits per heavy atom. The molecule has 2 aromatic carbocycles. The Kier molecular flexibility index (Phi) is 4.76. The van der Waals surface area contributed by atoms with Crippen LogP contribution < -0.4 is 10.1 Å². The number of aryl methyl sites for hydroxylation is 1. The minimum atomic E-state index is -0.336. The van der Waals surface area contributed by atoms with Gasteiger partial charge < -0.3 is 14.5 Å². The molecule has 5 nitrogen and oxygen atoms in total. The van der Waals surface area contributed by atoms with Crippen molar-refractivity contribution in [3.63, 3.8) is 0 Å². The first kappa shape index (κ1) is 17.7. The van der Waals surface area contributed by atoms with Gasteiger partial charge in [0.2, 0.25) is 5.88 Å². The van der Waals surface area contributed by atoms with E-state index in [-0.39, 0.29) is 24.0 Å². The summed E-state index contributed by atoms with van der Waals surface area (Å²) in [4.78, 5) is 16.5. The number of hydrogen-bond acceptors (Lipinski definition) is 4. The van der Waals surface area contributed by atoms with Gasteiger partial charge in [0.05, 0.1) is 0 Å². The highest BCUT2D eigenvalue weighted by Gasteiger charge is 2.12. The molecule has 0 saturated carbocycles.